The van der Waals surface area contributed by atoms with E-state index in [9.17, 15) is 9.59 Å². The molecule has 1 aromatic rings. The van der Waals surface area contributed by atoms with Crippen molar-refractivity contribution in [2.24, 2.45) is 5.92 Å². The van der Waals surface area contributed by atoms with Crippen molar-refractivity contribution < 1.29 is 24.2 Å². The fourth-order valence-corrected chi connectivity index (χ4v) is 1.52. The number of nitrogens with zero attached hydrogens (tertiary/aromatic N) is 1. The van der Waals surface area contributed by atoms with Crippen molar-refractivity contribution in [3.05, 3.63) is 24.3 Å². The number of rotatable bonds is 7. The van der Waals surface area contributed by atoms with Gasteiger partial charge in [-0.1, -0.05) is 0 Å². The number of hydrogen-bond acceptors (Lipinski definition) is 4. The first-order chi connectivity index (χ1) is 9.45. The molecule has 0 aromatic heterocycles. The second-order valence-electron chi connectivity index (χ2n) is 4.34. The van der Waals surface area contributed by atoms with Gasteiger partial charge in [-0.2, -0.15) is 0 Å². The Labute approximate surface area is 117 Å². The molecule has 20 heavy (non-hydrogen) atoms. The van der Waals surface area contributed by atoms with Gasteiger partial charge in [0, 0.05) is 7.05 Å². The van der Waals surface area contributed by atoms with Crippen LogP contribution in [0.3, 0.4) is 0 Å². The minimum Gasteiger partial charge on any atom is -0.497 e. The first-order valence-corrected chi connectivity index (χ1v) is 6.20. The van der Waals surface area contributed by atoms with Gasteiger partial charge < -0.3 is 19.5 Å². The Morgan fingerprint density at radius 3 is 2.30 bits per heavy atom. The van der Waals surface area contributed by atoms with Gasteiger partial charge in [0.2, 0.25) is 5.91 Å². The number of ether oxygens (including phenoxy) is 2. The normalized spacial score (nSPS) is 11.6. The number of carboxylic acids is 1. The van der Waals surface area contributed by atoms with E-state index < -0.39 is 17.8 Å². The number of benzene rings is 1. The topological polar surface area (TPSA) is 76.1 Å². The van der Waals surface area contributed by atoms with Crippen molar-refractivity contribution in [2.75, 3.05) is 27.3 Å². The lowest BCUT2D eigenvalue weighted by atomic mass is 10.1. The molecule has 1 atom stereocenters. The number of hydrogen-bond donors (Lipinski definition) is 1. The molecule has 1 amide bonds. The van der Waals surface area contributed by atoms with Crippen molar-refractivity contribution in [1.29, 1.82) is 0 Å². The number of carbonyl (C=O) groups is 2. The van der Waals surface area contributed by atoms with Gasteiger partial charge in [0.25, 0.3) is 0 Å². The zero-order valence-electron chi connectivity index (χ0n) is 11.8. The molecule has 1 aromatic carbocycles. The molecule has 1 unspecified atom stereocenters. The number of carbonyl (C=O) groups excluding carboxylic acids is 1. The molecule has 0 aliphatic rings. The first-order valence-electron chi connectivity index (χ1n) is 6.20. The largest absolute Gasteiger partial charge is 0.497 e. The average molecular weight is 281 g/mol. The van der Waals surface area contributed by atoms with Gasteiger partial charge in [-0.15, -0.1) is 0 Å². The summed E-state index contributed by atoms with van der Waals surface area (Å²) in [5.74, 6) is -1.20. The van der Waals surface area contributed by atoms with E-state index >= 15 is 0 Å². The fourth-order valence-electron chi connectivity index (χ4n) is 1.52. The third-order valence-corrected chi connectivity index (χ3v) is 2.87. The Balaban J connectivity index is 2.39. The van der Waals surface area contributed by atoms with E-state index in [0.717, 1.165) is 5.75 Å². The standard InChI is InChI=1S/C14H19NO5/c1-10(14(17)18)13(16)15(2)8-9-20-12-6-4-11(19-3)5-7-12/h4-7,10H,8-9H2,1-3H3,(H,17,18). The van der Waals surface area contributed by atoms with E-state index in [2.05, 4.69) is 0 Å². The molecule has 0 aliphatic heterocycles. The number of aliphatic carboxylic acids is 1. The number of methoxy groups -OCH3 is 1. The minimum atomic E-state index is -1.13. The average Bonchev–Trinajstić information content (AvgIpc) is 2.46. The highest BCUT2D eigenvalue weighted by Crippen LogP contribution is 2.16. The second-order valence-corrected chi connectivity index (χ2v) is 4.34. The molecule has 6 heteroatoms. The Morgan fingerprint density at radius 2 is 1.80 bits per heavy atom. The van der Waals surface area contributed by atoms with Crippen LogP contribution in [0.15, 0.2) is 24.3 Å². The predicted octanol–water partition coefficient (Wildman–Crippen LogP) is 1.25. The van der Waals surface area contributed by atoms with Crippen LogP contribution in [-0.4, -0.2) is 49.2 Å². The van der Waals surface area contributed by atoms with Gasteiger partial charge in [0.1, 0.15) is 24.0 Å². The van der Waals surface area contributed by atoms with E-state index in [1.165, 1.54) is 11.8 Å². The van der Waals surface area contributed by atoms with Crippen LogP contribution in [0.25, 0.3) is 0 Å². The third-order valence-electron chi connectivity index (χ3n) is 2.87. The summed E-state index contributed by atoms with van der Waals surface area (Å²) in [5.41, 5.74) is 0. The monoisotopic (exact) mass is 281 g/mol. The van der Waals surface area contributed by atoms with Crippen LogP contribution in [0, 0.1) is 5.92 Å². The maximum Gasteiger partial charge on any atom is 0.315 e. The van der Waals surface area contributed by atoms with Gasteiger partial charge in [0.05, 0.1) is 13.7 Å². The molecule has 0 heterocycles. The fraction of sp³-hybridized carbons (Fsp3) is 0.429. The summed E-state index contributed by atoms with van der Waals surface area (Å²) in [6.07, 6.45) is 0. The number of likely N-dealkylation sites (N-methyl/N-ethyl adjacent to an activating group) is 1. The van der Waals surface area contributed by atoms with Crippen LogP contribution in [-0.2, 0) is 9.59 Å². The minimum absolute atomic E-state index is 0.293. The van der Waals surface area contributed by atoms with Crippen molar-refractivity contribution in [3.63, 3.8) is 0 Å². The molecule has 6 nitrogen and oxygen atoms in total. The molecule has 110 valence electrons. The van der Waals surface area contributed by atoms with Crippen molar-refractivity contribution in [3.8, 4) is 11.5 Å². The highest BCUT2D eigenvalue weighted by atomic mass is 16.5. The summed E-state index contributed by atoms with van der Waals surface area (Å²) < 4.78 is 10.5. The molecule has 1 N–H and O–H groups in total. The SMILES string of the molecule is COc1ccc(OCCN(C)C(=O)C(C)C(=O)O)cc1. The van der Waals surface area contributed by atoms with Crippen molar-refractivity contribution >= 4 is 11.9 Å². The Bertz CT molecular complexity index is 457. The maximum absolute atomic E-state index is 11.7. The van der Waals surface area contributed by atoms with E-state index in [0.29, 0.717) is 18.9 Å². The quantitative estimate of drug-likeness (QED) is 0.761. The van der Waals surface area contributed by atoms with Gasteiger partial charge in [0.15, 0.2) is 0 Å². The smallest absolute Gasteiger partial charge is 0.315 e. The van der Waals surface area contributed by atoms with Gasteiger partial charge in [-0.3, -0.25) is 9.59 Å². The molecular formula is C14H19NO5. The predicted molar refractivity (Wildman–Crippen MR) is 72.9 cm³/mol. The molecule has 0 saturated carbocycles. The van der Waals surface area contributed by atoms with Gasteiger partial charge >= 0.3 is 5.97 Å². The number of amides is 1. The van der Waals surface area contributed by atoms with E-state index in [4.69, 9.17) is 14.6 Å². The van der Waals surface area contributed by atoms with E-state index in [-0.39, 0.29) is 0 Å². The summed E-state index contributed by atoms with van der Waals surface area (Å²) in [6.45, 7) is 1.98. The lowest BCUT2D eigenvalue weighted by molar-refractivity contribution is -0.149. The first kappa shape index (κ1) is 15.8. The molecule has 0 fully saturated rings. The van der Waals surface area contributed by atoms with Crippen molar-refractivity contribution in [2.45, 2.75) is 6.92 Å². The molecule has 0 aliphatic carbocycles. The van der Waals surface area contributed by atoms with Crippen LogP contribution in [0.5, 0.6) is 11.5 Å². The summed E-state index contributed by atoms with van der Waals surface area (Å²) in [7, 11) is 3.14. The van der Waals surface area contributed by atoms with Crippen LogP contribution in [0.1, 0.15) is 6.92 Å². The molecular weight excluding hydrogens is 262 g/mol. The molecule has 0 radical (unpaired) electrons. The number of carboxylic acid groups (broad SMARTS) is 1. The molecule has 0 saturated heterocycles. The lowest BCUT2D eigenvalue weighted by Gasteiger charge is -2.19. The lowest BCUT2D eigenvalue weighted by Crippen LogP contribution is -2.37. The summed E-state index contributed by atoms with van der Waals surface area (Å²) in [5, 5.41) is 8.76. The summed E-state index contributed by atoms with van der Waals surface area (Å²) >= 11 is 0. The molecule has 0 bridgehead atoms. The highest BCUT2D eigenvalue weighted by Gasteiger charge is 2.23. The zero-order valence-corrected chi connectivity index (χ0v) is 11.8. The highest BCUT2D eigenvalue weighted by molar-refractivity contribution is 5.96. The van der Waals surface area contributed by atoms with Crippen LogP contribution in [0.4, 0.5) is 0 Å². The second kappa shape index (κ2) is 7.37. The van der Waals surface area contributed by atoms with Gasteiger partial charge in [-0.25, -0.2) is 0 Å². The van der Waals surface area contributed by atoms with Crippen LogP contribution < -0.4 is 9.47 Å². The maximum atomic E-state index is 11.7. The van der Waals surface area contributed by atoms with Crippen LogP contribution in [0.2, 0.25) is 0 Å². The Kier molecular flexibility index (Phi) is 5.83. The third kappa shape index (κ3) is 4.46. The zero-order chi connectivity index (χ0) is 15.1. The summed E-state index contributed by atoms with van der Waals surface area (Å²) in [6, 6.07) is 7.08. The Hall–Kier alpha value is -2.24. The Morgan fingerprint density at radius 1 is 1.25 bits per heavy atom. The van der Waals surface area contributed by atoms with Crippen LogP contribution >= 0.6 is 0 Å². The van der Waals surface area contributed by atoms with E-state index in [1.54, 1.807) is 38.4 Å². The molecule has 0 spiro atoms. The van der Waals surface area contributed by atoms with Gasteiger partial charge in [-0.05, 0) is 31.2 Å². The van der Waals surface area contributed by atoms with E-state index in [1.807, 2.05) is 0 Å². The van der Waals surface area contributed by atoms with Crippen molar-refractivity contribution in [1.82, 2.24) is 4.90 Å². The summed E-state index contributed by atoms with van der Waals surface area (Å²) in [4.78, 5) is 23.7. The molecule has 1 rings (SSSR count).